The lowest BCUT2D eigenvalue weighted by Crippen LogP contribution is -2.41. The molecule has 0 aromatic carbocycles. The van der Waals surface area contributed by atoms with Crippen molar-refractivity contribution in [2.45, 2.75) is 6.42 Å². The number of ether oxygens (including phenoxy) is 1. The second kappa shape index (κ2) is 7.14. The van der Waals surface area contributed by atoms with Crippen molar-refractivity contribution in [2.24, 2.45) is 0 Å². The molecule has 0 bridgehead atoms. The maximum atomic E-state index is 11.4. The molecular formula is C11H15N3O5. The number of alkyl carbamates (subject to hydrolysis) is 1. The second-order valence-electron chi connectivity index (χ2n) is 3.72. The van der Waals surface area contributed by atoms with E-state index in [1.807, 2.05) is 0 Å². The standard InChI is InChI=1S/C11H15N3O5/c1-19-11(18)13-6-2-5-12-8(15)7-14-9(16)3-4-10(14)17/h3-4H,2,5-7H2,1H3,(H,12,15)(H,13,18). The molecule has 0 aromatic rings. The van der Waals surface area contributed by atoms with Crippen LogP contribution in [-0.4, -0.2) is 55.5 Å². The third-order valence-corrected chi connectivity index (χ3v) is 2.33. The zero-order chi connectivity index (χ0) is 14.3. The van der Waals surface area contributed by atoms with E-state index in [-0.39, 0.29) is 6.54 Å². The predicted octanol–water partition coefficient (Wildman–Crippen LogP) is -1.23. The Balaban J connectivity index is 2.13. The number of carbonyl (C=O) groups excluding carboxylic acids is 4. The summed E-state index contributed by atoms with van der Waals surface area (Å²) in [7, 11) is 1.26. The highest BCUT2D eigenvalue weighted by atomic mass is 16.5. The predicted molar refractivity (Wildman–Crippen MR) is 63.9 cm³/mol. The lowest BCUT2D eigenvalue weighted by Gasteiger charge is -2.13. The van der Waals surface area contributed by atoms with Crippen molar-refractivity contribution in [1.29, 1.82) is 0 Å². The van der Waals surface area contributed by atoms with E-state index in [0.29, 0.717) is 19.5 Å². The van der Waals surface area contributed by atoms with Crippen molar-refractivity contribution < 1.29 is 23.9 Å². The van der Waals surface area contributed by atoms with Crippen molar-refractivity contribution in [3.63, 3.8) is 0 Å². The van der Waals surface area contributed by atoms with Crippen LogP contribution in [0.15, 0.2) is 12.2 Å². The van der Waals surface area contributed by atoms with Gasteiger partial charge in [0.2, 0.25) is 5.91 Å². The minimum atomic E-state index is -0.536. The minimum absolute atomic E-state index is 0.297. The van der Waals surface area contributed by atoms with Crippen LogP contribution >= 0.6 is 0 Å². The summed E-state index contributed by atoms with van der Waals surface area (Å²) in [6, 6.07) is 0. The maximum Gasteiger partial charge on any atom is 0.406 e. The van der Waals surface area contributed by atoms with E-state index >= 15 is 0 Å². The highest BCUT2D eigenvalue weighted by molar-refractivity contribution is 6.14. The zero-order valence-corrected chi connectivity index (χ0v) is 10.5. The number of nitrogens with one attached hydrogen (secondary N) is 2. The summed E-state index contributed by atoms with van der Waals surface area (Å²) >= 11 is 0. The lowest BCUT2D eigenvalue weighted by molar-refractivity contribution is -0.141. The Bertz CT molecular complexity index is 401. The van der Waals surface area contributed by atoms with Gasteiger partial charge in [0.1, 0.15) is 6.54 Å². The molecule has 1 aliphatic rings. The van der Waals surface area contributed by atoms with Crippen LogP contribution in [0.1, 0.15) is 6.42 Å². The summed E-state index contributed by atoms with van der Waals surface area (Å²) in [5, 5.41) is 4.99. The molecule has 0 aliphatic carbocycles. The average molecular weight is 269 g/mol. The van der Waals surface area contributed by atoms with Crippen LogP contribution in [0.5, 0.6) is 0 Å². The van der Waals surface area contributed by atoms with Crippen LogP contribution in [0, 0.1) is 0 Å². The Labute approximate surface area is 109 Å². The summed E-state index contributed by atoms with van der Waals surface area (Å²) in [5.41, 5.74) is 0. The topological polar surface area (TPSA) is 105 Å². The monoisotopic (exact) mass is 269 g/mol. The smallest absolute Gasteiger partial charge is 0.406 e. The van der Waals surface area contributed by atoms with Crippen molar-refractivity contribution in [2.75, 3.05) is 26.7 Å². The van der Waals surface area contributed by atoms with Crippen molar-refractivity contribution in [3.8, 4) is 0 Å². The van der Waals surface area contributed by atoms with Gasteiger partial charge in [-0.3, -0.25) is 19.3 Å². The maximum absolute atomic E-state index is 11.4. The number of carbonyl (C=O) groups is 4. The van der Waals surface area contributed by atoms with Gasteiger partial charge in [-0.15, -0.1) is 0 Å². The number of methoxy groups -OCH3 is 1. The van der Waals surface area contributed by atoms with Crippen LogP contribution < -0.4 is 10.6 Å². The highest BCUT2D eigenvalue weighted by Gasteiger charge is 2.25. The van der Waals surface area contributed by atoms with Crippen LogP contribution in [-0.2, 0) is 19.1 Å². The third-order valence-electron chi connectivity index (χ3n) is 2.33. The van der Waals surface area contributed by atoms with Crippen LogP contribution in [0.3, 0.4) is 0 Å². The fourth-order valence-electron chi connectivity index (χ4n) is 1.37. The molecule has 0 atom stereocenters. The summed E-state index contributed by atoms with van der Waals surface area (Å²) < 4.78 is 4.36. The number of hydrogen-bond donors (Lipinski definition) is 2. The number of nitrogens with zero attached hydrogens (tertiary/aromatic N) is 1. The first kappa shape index (κ1) is 14.7. The van der Waals surface area contributed by atoms with E-state index in [1.165, 1.54) is 7.11 Å². The number of rotatable bonds is 6. The van der Waals surface area contributed by atoms with Crippen LogP contribution in [0.25, 0.3) is 0 Å². The Kier molecular flexibility index (Phi) is 5.52. The molecule has 1 rings (SSSR count). The summed E-state index contributed by atoms with van der Waals surface area (Å²) in [4.78, 5) is 45.4. The molecule has 0 saturated carbocycles. The van der Waals surface area contributed by atoms with Gasteiger partial charge in [-0.25, -0.2) is 4.79 Å². The molecule has 104 valence electrons. The second-order valence-corrected chi connectivity index (χ2v) is 3.72. The molecule has 19 heavy (non-hydrogen) atoms. The fraction of sp³-hybridized carbons (Fsp3) is 0.455. The Morgan fingerprint density at radius 1 is 1.16 bits per heavy atom. The molecule has 0 spiro atoms. The summed E-state index contributed by atoms with van der Waals surface area (Å²) in [5.74, 6) is -1.41. The van der Waals surface area contributed by atoms with E-state index in [9.17, 15) is 19.2 Å². The SMILES string of the molecule is COC(=O)NCCCNC(=O)CN1C(=O)C=CC1=O. The quantitative estimate of drug-likeness (QED) is 0.464. The first-order chi connectivity index (χ1) is 9.04. The largest absolute Gasteiger partial charge is 0.453 e. The van der Waals surface area contributed by atoms with Crippen molar-refractivity contribution in [1.82, 2.24) is 15.5 Å². The van der Waals surface area contributed by atoms with Crippen LogP contribution in [0.2, 0.25) is 0 Å². The molecule has 0 saturated heterocycles. The molecule has 0 fully saturated rings. The molecule has 0 aromatic heterocycles. The summed E-state index contributed by atoms with van der Waals surface area (Å²) in [6.45, 7) is 0.387. The third kappa shape index (κ3) is 4.78. The number of hydrogen-bond acceptors (Lipinski definition) is 5. The Hall–Kier alpha value is -2.38. The van der Waals surface area contributed by atoms with Gasteiger partial charge in [-0.05, 0) is 6.42 Å². The van der Waals surface area contributed by atoms with Gasteiger partial charge in [0.25, 0.3) is 11.8 Å². The van der Waals surface area contributed by atoms with E-state index < -0.39 is 23.8 Å². The zero-order valence-electron chi connectivity index (χ0n) is 10.5. The first-order valence-corrected chi connectivity index (χ1v) is 5.66. The Morgan fingerprint density at radius 3 is 2.32 bits per heavy atom. The van der Waals surface area contributed by atoms with Gasteiger partial charge in [-0.2, -0.15) is 0 Å². The number of imide groups is 1. The molecule has 0 unspecified atom stereocenters. The van der Waals surface area contributed by atoms with E-state index in [1.54, 1.807) is 0 Å². The van der Waals surface area contributed by atoms with Gasteiger partial charge < -0.3 is 15.4 Å². The normalized spacial score (nSPS) is 13.6. The average Bonchev–Trinajstić information content (AvgIpc) is 2.69. The van der Waals surface area contributed by atoms with Crippen molar-refractivity contribution in [3.05, 3.63) is 12.2 Å². The fourth-order valence-corrected chi connectivity index (χ4v) is 1.37. The lowest BCUT2D eigenvalue weighted by atomic mass is 10.4. The number of amides is 4. The van der Waals surface area contributed by atoms with Gasteiger partial charge >= 0.3 is 6.09 Å². The molecule has 1 aliphatic heterocycles. The first-order valence-electron chi connectivity index (χ1n) is 5.66. The molecule has 1 heterocycles. The minimum Gasteiger partial charge on any atom is -0.453 e. The van der Waals surface area contributed by atoms with Gasteiger partial charge in [0.15, 0.2) is 0 Å². The summed E-state index contributed by atoms with van der Waals surface area (Å²) in [6.07, 6.45) is 2.22. The molecule has 8 heteroatoms. The van der Waals surface area contributed by atoms with Gasteiger partial charge in [-0.1, -0.05) is 0 Å². The van der Waals surface area contributed by atoms with Gasteiger partial charge in [0.05, 0.1) is 7.11 Å². The van der Waals surface area contributed by atoms with Gasteiger partial charge in [0, 0.05) is 25.2 Å². The molecular weight excluding hydrogens is 254 g/mol. The van der Waals surface area contributed by atoms with Crippen molar-refractivity contribution >= 4 is 23.8 Å². The van der Waals surface area contributed by atoms with E-state index in [4.69, 9.17) is 0 Å². The molecule has 2 N–H and O–H groups in total. The van der Waals surface area contributed by atoms with E-state index in [2.05, 4.69) is 15.4 Å². The highest BCUT2D eigenvalue weighted by Crippen LogP contribution is 2.02. The Morgan fingerprint density at radius 2 is 1.74 bits per heavy atom. The molecule has 4 amide bonds. The van der Waals surface area contributed by atoms with Crippen LogP contribution in [0.4, 0.5) is 4.79 Å². The molecule has 8 nitrogen and oxygen atoms in total. The molecule has 0 radical (unpaired) electrons. The van der Waals surface area contributed by atoms with E-state index in [0.717, 1.165) is 17.1 Å².